The van der Waals surface area contributed by atoms with E-state index in [1.54, 1.807) is 13.0 Å². The van der Waals surface area contributed by atoms with Gasteiger partial charge in [0.1, 0.15) is 5.75 Å². The van der Waals surface area contributed by atoms with Crippen LogP contribution in [0.1, 0.15) is 12.5 Å². The molecular weight excluding hydrogens is 272 g/mol. The molecule has 2 rings (SSSR count). The van der Waals surface area contributed by atoms with Gasteiger partial charge in [0.2, 0.25) is 6.79 Å². The summed E-state index contributed by atoms with van der Waals surface area (Å²) in [5.74, 6) is 3.96. The minimum absolute atomic E-state index is 0.178. The summed E-state index contributed by atoms with van der Waals surface area (Å²) in [5.41, 5.74) is 0.887. The maximum atomic E-state index is 11.8. The van der Waals surface area contributed by atoms with Crippen LogP contribution in [0.4, 0.5) is 0 Å². The van der Waals surface area contributed by atoms with Crippen molar-refractivity contribution in [2.75, 3.05) is 20.4 Å². The number of carbonyl (C=O) groups is 1. The summed E-state index contributed by atoms with van der Waals surface area (Å²) in [5, 5.41) is 5.63. The predicted molar refractivity (Wildman–Crippen MR) is 77.3 cm³/mol. The Bertz CT molecular complexity index is 566. The number of ether oxygens (including phenoxy) is 3. The van der Waals surface area contributed by atoms with Gasteiger partial charge >= 0.3 is 0 Å². The van der Waals surface area contributed by atoms with Gasteiger partial charge in [-0.15, -0.1) is 6.42 Å². The van der Waals surface area contributed by atoms with E-state index in [0.29, 0.717) is 23.8 Å². The van der Waals surface area contributed by atoms with Crippen LogP contribution >= 0.6 is 0 Å². The van der Waals surface area contributed by atoms with Crippen LogP contribution in [-0.4, -0.2) is 32.4 Å². The van der Waals surface area contributed by atoms with Crippen LogP contribution in [0.25, 0.3) is 0 Å². The molecule has 0 bridgehead atoms. The number of amides is 1. The van der Waals surface area contributed by atoms with Gasteiger partial charge in [0.15, 0.2) is 17.6 Å². The zero-order valence-electron chi connectivity index (χ0n) is 12.1. The van der Waals surface area contributed by atoms with Gasteiger partial charge in [-0.3, -0.25) is 4.79 Å². The Labute approximate surface area is 123 Å². The third-order valence-electron chi connectivity index (χ3n) is 2.96. The van der Waals surface area contributed by atoms with Crippen molar-refractivity contribution < 1.29 is 19.0 Å². The first-order valence-electron chi connectivity index (χ1n) is 6.60. The van der Waals surface area contributed by atoms with Crippen molar-refractivity contribution in [1.29, 1.82) is 0 Å². The average molecular weight is 290 g/mol. The standard InChI is InChI=1S/C15H18N2O4/c1-4-5-17-15(18)10(2)21-12-7-14-13(19-9-20-14)6-11(12)8-16-3/h1,6-7,10,16H,5,8-9H2,2-3H3,(H,17,18). The molecule has 1 amide bonds. The monoisotopic (exact) mass is 290 g/mol. The molecular formula is C15H18N2O4. The Hall–Kier alpha value is -2.39. The molecule has 2 N–H and O–H groups in total. The molecule has 0 fully saturated rings. The van der Waals surface area contributed by atoms with Crippen LogP contribution < -0.4 is 24.8 Å². The van der Waals surface area contributed by atoms with Crippen molar-refractivity contribution in [3.8, 4) is 29.6 Å². The molecule has 1 atom stereocenters. The van der Waals surface area contributed by atoms with E-state index in [9.17, 15) is 4.79 Å². The van der Waals surface area contributed by atoms with E-state index in [1.165, 1.54) is 0 Å². The molecule has 1 unspecified atom stereocenters. The van der Waals surface area contributed by atoms with Crippen molar-refractivity contribution in [2.24, 2.45) is 0 Å². The van der Waals surface area contributed by atoms with Gasteiger partial charge in [-0.05, 0) is 20.0 Å². The van der Waals surface area contributed by atoms with E-state index in [4.69, 9.17) is 20.6 Å². The molecule has 0 spiro atoms. The van der Waals surface area contributed by atoms with Crippen molar-refractivity contribution in [3.63, 3.8) is 0 Å². The predicted octanol–water partition coefficient (Wildman–Crippen LogP) is 0.651. The van der Waals surface area contributed by atoms with Crippen LogP contribution in [-0.2, 0) is 11.3 Å². The normalized spacial score (nSPS) is 13.4. The number of hydrogen-bond acceptors (Lipinski definition) is 5. The quantitative estimate of drug-likeness (QED) is 0.753. The SMILES string of the molecule is C#CCNC(=O)C(C)Oc1cc2c(cc1CNC)OCO2. The lowest BCUT2D eigenvalue weighted by Crippen LogP contribution is -2.36. The Morgan fingerprint density at radius 2 is 2.19 bits per heavy atom. The first-order valence-corrected chi connectivity index (χ1v) is 6.60. The molecule has 1 heterocycles. The van der Waals surface area contributed by atoms with Crippen molar-refractivity contribution >= 4 is 5.91 Å². The smallest absolute Gasteiger partial charge is 0.261 e. The number of carbonyl (C=O) groups excluding carboxylic acids is 1. The Kier molecular flexibility index (Phi) is 4.90. The number of terminal acetylenes is 1. The lowest BCUT2D eigenvalue weighted by molar-refractivity contribution is -0.127. The number of benzene rings is 1. The molecule has 0 aromatic heterocycles. The summed E-state index contributed by atoms with van der Waals surface area (Å²) in [6, 6.07) is 3.58. The summed E-state index contributed by atoms with van der Waals surface area (Å²) < 4.78 is 16.4. The summed E-state index contributed by atoms with van der Waals surface area (Å²) in [7, 11) is 1.83. The summed E-state index contributed by atoms with van der Waals surface area (Å²) >= 11 is 0. The number of fused-ring (bicyclic) bond motifs is 1. The molecule has 0 aliphatic carbocycles. The van der Waals surface area contributed by atoms with Gasteiger partial charge in [-0.25, -0.2) is 0 Å². The van der Waals surface area contributed by atoms with E-state index in [2.05, 4.69) is 16.6 Å². The molecule has 6 heteroatoms. The maximum Gasteiger partial charge on any atom is 0.261 e. The lowest BCUT2D eigenvalue weighted by atomic mass is 10.1. The third-order valence-corrected chi connectivity index (χ3v) is 2.96. The molecule has 1 aliphatic heterocycles. The topological polar surface area (TPSA) is 68.8 Å². The summed E-state index contributed by atoms with van der Waals surface area (Å²) in [6.45, 7) is 2.62. The average Bonchev–Trinajstić information content (AvgIpc) is 2.92. The molecule has 21 heavy (non-hydrogen) atoms. The molecule has 112 valence electrons. The second-order valence-corrected chi connectivity index (χ2v) is 4.53. The molecule has 0 saturated carbocycles. The molecule has 1 aromatic rings. The number of hydrogen-bond donors (Lipinski definition) is 2. The summed E-state index contributed by atoms with van der Waals surface area (Å²) in [4.78, 5) is 11.8. The molecule has 0 saturated heterocycles. The van der Waals surface area contributed by atoms with Gasteiger partial charge in [0.05, 0.1) is 6.54 Å². The summed E-state index contributed by atoms with van der Waals surface area (Å²) in [6.07, 6.45) is 4.45. The highest BCUT2D eigenvalue weighted by Crippen LogP contribution is 2.38. The van der Waals surface area contributed by atoms with Crippen LogP contribution in [0.2, 0.25) is 0 Å². The molecule has 6 nitrogen and oxygen atoms in total. The maximum absolute atomic E-state index is 11.8. The number of nitrogens with one attached hydrogen (secondary N) is 2. The Morgan fingerprint density at radius 1 is 1.48 bits per heavy atom. The minimum Gasteiger partial charge on any atom is -0.480 e. The fourth-order valence-corrected chi connectivity index (χ4v) is 1.93. The fraction of sp³-hybridized carbons (Fsp3) is 0.400. The van der Waals surface area contributed by atoms with E-state index >= 15 is 0 Å². The third kappa shape index (κ3) is 3.58. The lowest BCUT2D eigenvalue weighted by Gasteiger charge is -2.17. The molecule has 1 aromatic carbocycles. The molecule has 1 aliphatic rings. The Balaban J connectivity index is 2.14. The van der Waals surface area contributed by atoms with E-state index < -0.39 is 6.10 Å². The van der Waals surface area contributed by atoms with Gasteiger partial charge in [0, 0.05) is 18.2 Å². The van der Waals surface area contributed by atoms with Crippen LogP contribution in [0, 0.1) is 12.3 Å². The highest BCUT2D eigenvalue weighted by atomic mass is 16.7. The van der Waals surface area contributed by atoms with Gasteiger partial charge in [-0.1, -0.05) is 5.92 Å². The fourth-order valence-electron chi connectivity index (χ4n) is 1.93. The van der Waals surface area contributed by atoms with E-state index in [-0.39, 0.29) is 19.2 Å². The second-order valence-electron chi connectivity index (χ2n) is 4.53. The molecule has 0 radical (unpaired) electrons. The van der Waals surface area contributed by atoms with Crippen LogP contribution in [0.5, 0.6) is 17.2 Å². The van der Waals surface area contributed by atoms with Crippen molar-refractivity contribution in [2.45, 2.75) is 19.6 Å². The zero-order valence-corrected chi connectivity index (χ0v) is 12.1. The van der Waals surface area contributed by atoms with Crippen molar-refractivity contribution in [1.82, 2.24) is 10.6 Å². The van der Waals surface area contributed by atoms with Crippen molar-refractivity contribution in [3.05, 3.63) is 17.7 Å². The first kappa shape index (κ1) is 15.0. The first-order chi connectivity index (χ1) is 10.2. The van der Waals surface area contributed by atoms with Gasteiger partial charge in [0.25, 0.3) is 5.91 Å². The largest absolute Gasteiger partial charge is 0.480 e. The van der Waals surface area contributed by atoms with Crippen LogP contribution in [0.15, 0.2) is 12.1 Å². The van der Waals surface area contributed by atoms with E-state index in [0.717, 1.165) is 5.56 Å². The highest BCUT2D eigenvalue weighted by molar-refractivity contribution is 5.81. The highest BCUT2D eigenvalue weighted by Gasteiger charge is 2.21. The minimum atomic E-state index is -0.658. The Morgan fingerprint density at radius 3 is 2.86 bits per heavy atom. The van der Waals surface area contributed by atoms with Gasteiger partial charge < -0.3 is 24.8 Å². The van der Waals surface area contributed by atoms with E-state index in [1.807, 2.05) is 13.1 Å². The number of rotatable bonds is 6. The zero-order chi connectivity index (χ0) is 15.2. The second kappa shape index (κ2) is 6.86. The van der Waals surface area contributed by atoms with Gasteiger partial charge in [-0.2, -0.15) is 0 Å². The van der Waals surface area contributed by atoms with Crippen LogP contribution in [0.3, 0.4) is 0 Å².